The van der Waals surface area contributed by atoms with Gasteiger partial charge in [0.05, 0.1) is 30.1 Å². The van der Waals surface area contributed by atoms with Crippen molar-refractivity contribution in [2.75, 3.05) is 41.4 Å². The summed E-state index contributed by atoms with van der Waals surface area (Å²) in [6.45, 7) is 14.4. The van der Waals surface area contributed by atoms with Crippen LogP contribution < -0.4 is 0 Å². The van der Waals surface area contributed by atoms with Gasteiger partial charge in [0.2, 0.25) is 11.8 Å². The number of hydrogen-bond acceptors (Lipinski definition) is 8. The molecule has 1 aromatic heterocycles. The number of methoxy groups -OCH3 is 1. The summed E-state index contributed by atoms with van der Waals surface area (Å²) < 4.78 is 6.05. The number of fused-ring (bicyclic) bond motifs is 1. The first-order valence-electron chi connectivity index (χ1n) is 20.3. The lowest BCUT2D eigenvalue weighted by molar-refractivity contribution is -0.148. The zero-order valence-electron chi connectivity index (χ0n) is 35.1. The van der Waals surface area contributed by atoms with E-state index in [-0.39, 0.29) is 78.6 Å². The van der Waals surface area contributed by atoms with E-state index < -0.39 is 24.0 Å². The van der Waals surface area contributed by atoms with E-state index in [1.54, 1.807) is 25.3 Å². The Bertz CT molecular complexity index is 1520. The average Bonchev–Trinajstić information content (AvgIpc) is 3.62. The van der Waals surface area contributed by atoms with Crippen LogP contribution in [0.5, 0.6) is 0 Å². The smallest absolute Gasteiger partial charge is 0.226 e. The Balaban J connectivity index is 1.71. The van der Waals surface area contributed by atoms with Crippen molar-refractivity contribution in [3.8, 4) is 0 Å². The zero-order chi connectivity index (χ0) is 40.3. The van der Waals surface area contributed by atoms with E-state index in [2.05, 4.69) is 31.0 Å². The van der Waals surface area contributed by atoms with E-state index in [1.165, 1.54) is 0 Å². The van der Waals surface area contributed by atoms with Crippen LogP contribution in [0.25, 0.3) is 10.9 Å². The second-order valence-corrected chi connectivity index (χ2v) is 16.8. The van der Waals surface area contributed by atoms with Crippen LogP contribution in [-0.2, 0) is 30.3 Å². The highest BCUT2D eigenvalue weighted by atomic mass is 16.5. The van der Waals surface area contributed by atoms with Gasteiger partial charge >= 0.3 is 0 Å². The van der Waals surface area contributed by atoms with Crippen LogP contribution in [0.2, 0.25) is 0 Å². The van der Waals surface area contributed by atoms with Crippen LogP contribution in [0.15, 0.2) is 36.5 Å². The number of aliphatic hydroxyl groups excluding tert-OH is 1. The standard InChI is InChI=1S/C44H70N4O6/c1-12-30(6)43(47(10)44(53)34(28(2)3)25-39(51)42(29(4)5)46(8)9)40(54-11)26-41(52)48-23-15-18-37(48)35(27-49)31(7)38(50)19-13-16-32-20-21-36-33(24-32)17-14-22-45-36/h14,17,20-22,24,28-31,34-35,37,40,42-43,49H,12-13,15-16,18-19,23,25-27H2,1-11H3/t30-,31+,34-,35+,37-,40+,42-,43?/m0/s1. The van der Waals surface area contributed by atoms with Gasteiger partial charge in [-0.25, -0.2) is 0 Å². The van der Waals surface area contributed by atoms with Crippen LogP contribution in [0.3, 0.4) is 0 Å². The fraction of sp³-hybridized carbons (Fsp3) is 0.705. The molecule has 1 aromatic carbocycles. The summed E-state index contributed by atoms with van der Waals surface area (Å²) in [5.74, 6) is -1.23. The Morgan fingerprint density at radius 2 is 1.69 bits per heavy atom. The average molecular weight is 751 g/mol. The summed E-state index contributed by atoms with van der Waals surface area (Å²) in [5.41, 5.74) is 2.11. The lowest BCUT2D eigenvalue weighted by Crippen LogP contribution is -2.54. The van der Waals surface area contributed by atoms with Crippen molar-refractivity contribution in [3.63, 3.8) is 0 Å². The molecule has 1 fully saturated rings. The third kappa shape index (κ3) is 11.4. The number of likely N-dealkylation sites (tertiary alicyclic amines) is 1. The van der Waals surface area contributed by atoms with E-state index in [0.717, 1.165) is 42.1 Å². The number of carbonyl (C=O) groups is 4. The molecule has 1 unspecified atom stereocenters. The first kappa shape index (κ1) is 45.2. The van der Waals surface area contributed by atoms with Crippen molar-refractivity contribution in [2.24, 2.45) is 35.5 Å². The summed E-state index contributed by atoms with van der Waals surface area (Å²) in [6, 6.07) is 9.24. The molecule has 1 aliphatic heterocycles. The van der Waals surface area contributed by atoms with Crippen molar-refractivity contribution in [1.29, 1.82) is 0 Å². The summed E-state index contributed by atoms with van der Waals surface area (Å²) >= 11 is 0. The number of pyridine rings is 1. The first-order valence-corrected chi connectivity index (χ1v) is 20.3. The zero-order valence-corrected chi connectivity index (χ0v) is 35.1. The topological polar surface area (TPSA) is 120 Å². The molecule has 2 aromatic rings. The minimum absolute atomic E-state index is 0.0221. The Morgan fingerprint density at radius 1 is 0.981 bits per heavy atom. The van der Waals surface area contributed by atoms with Gasteiger partial charge in [0.25, 0.3) is 0 Å². The Kier molecular flexibility index (Phi) is 17.7. The second kappa shape index (κ2) is 21.2. The number of aryl methyl sites for hydroxylation is 1. The minimum atomic E-state index is -0.575. The molecule has 2 heterocycles. The highest BCUT2D eigenvalue weighted by molar-refractivity contribution is 5.90. The number of benzene rings is 1. The second-order valence-electron chi connectivity index (χ2n) is 16.8. The number of ether oxygens (including phenoxy) is 1. The predicted molar refractivity (Wildman–Crippen MR) is 216 cm³/mol. The van der Waals surface area contributed by atoms with Gasteiger partial charge in [0.15, 0.2) is 5.78 Å². The SMILES string of the molecule is CC[C@H](C)C([C@@H](CC(=O)N1CCC[C@H]1[C@H](CO)[C@@H](C)C(=O)CCCc1ccc2ncccc2c1)OC)N(C)C(=O)[C@@H](CC(=O)[C@H](C(C)C)N(C)C)C(C)C. The van der Waals surface area contributed by atoms with Crippen molar-refractivity contribution in [3.05, 3.63) is 42.1 Å². The molecule has 54 heavy (non-hydrogen) atoms. The van der Waals surface area contributed by atoms with E-state index in [0.29, 0.717) is 19.4 Å². The molecule has 1 aliphatic rings. The van der Waals surface area contributed by atoms with Crippen molar-refractivity contribution in [2.45, 2.75) is 124 Å². The van der Waals surface area contributed by atoms with Gasteiger partial charge in [0, 0.05) is 75.5 Å². The van der Waals surface area contributed by atoms with E-state index in [1.807, 2.05) is 76.7 Å². The van der Waals surface area contributed by atoms with E-state index in [4.69, 9.17) is 4.74 Å². The molecule has 3 rings (SSSR count). The third-order valence-corrected chi connectivity index (χ3v) is 12.2. The molecule has 10 nitrogen and oxygen atoms in total. The number of carbonyl (C=O) groups excluding carboxylic acids is 4. The van der Waals surface area contributed by atoms with Crippen molar-refractivity contribution >= 4 is 34.3 Å². The molecule has 302 valence electrons. The monoisotopic (exact) mass is 751 g/mol. The minimum Gasteiger partial charge on any atom is -0.396 e. The summed E-state index contributed by atoms with van der Waals surface area (Å²) in [4.78, 5) is 65.4. The number of amides is 2. The van der Waals surface area contributed by atoms with Gasteiger partial charge in [-0.3, -0.25) is 29.1 Å². The number of ketones is 2. The van der Waals surface area contributed by atoms with Gasteiger partial charge in [-0.1, -0.05) is 67.0 Å². The van der Waals surface area contributed by atoms with Gasteiger partial charge in [0.1, 0.15) is 5.78 Å². The summed E-state index contributed by atoms with van der Waals surface area (Å²) in [5, 5.41) is 11.7. The molecule has 2 amide bonds. The quantitative estimate of drug-likeness (QED) is 0.146. The van der Waals surface area contributed by atoms with Gasteiger partial charge in [-0.05, 0) is 81.3 Å². The molecule has 0 spiro atoms. The highest BCUT2D eigenvalue weighted by Crippen LogP contribution is 2.33. The van der Waals surface area contributed by atoms with Crippen molar-refractivity contribution < 1.29 is 29.0 Å². The van der Waals surface area contributed by atoms with E-state index >= 15 is 0 Å². The Hall–Kier alpha value is -3.21. The maximum atomic E-state index is 14.3. The number of Topliss-reactive ketones (excluding diaryl/α,β-unsaturated/α-hetero) is 2. The van der Waals surface area contributed by atoms with Crippen LogP contribution >= 0.6 is 0 Å². The lowest BCUT2D eigenvalue weighted by Gasteiger charge is -2.41. The Labute approximate surface area is 325 Å². The molecule has 1 saturated heterocycles. The maximum absolute atomic E-state index is 14.3. The fourth-order valence-corrected chi connectivity index (χ4v) is 8.86. The number of aliphatic hydroxyl groups is 1. The number of rotatable bonds is 22. The number of nitrogens with zero attached hydrogens (tertiary/aromatic N) is 4. The predicted octanol–water partition coefficient (Wildman–Crippen LogP) is 6.46. The fourth-order valence-electron chi connectivity index (χ4n) is 8.86. The molecule has 0 saturated carbocycles. The van der Waals surface area contributed by atoms with Gasteiger partial charge < -0.3 is 19.6 Å². The number of aromatic nitrogens is 1. The first-order chi connectivity index (χ1) is 25.6. The van der Waals surface area contributed by atoms with Crippen LogP contribution in [0, 0.1) is 35.5 Å². The molecular weight excluding hydrogens is 681 g/mol. The van der Waals surface area contributed by atoms with Crippen LogP contribution in [0.4, 0.5) is 0 Å². The highest BCUT2D eigenvalue weighted by Gasteiger charge is 2.42. The lowest BCUT2D eigenvalue weighted by atomic mass is 9.82. The molecule has 0 aliphatic carbocycles. The maximum Gasteiger partial charge on any atom is 0.226 e. The van der Waals surface area contributed by atoms with Crippen LogP contribution in [-0.4, -0.2) is 114 Å². The van der Waals surface area contributed by atoms with Gasteiger partial charge in [-0.2, -0.15) is 0 Å². The molecule has 10 heteroatoms. The summed E-state index contributed by atoms with van der Waals surface area (Å²) in [6.07, 6.45) is 5.61. The molecule has 8 atom stereocenters. The molecule has 0 bridgehead atoms. The number of likely N-dealkylation sites (N-methyl/N-ethyl adjacent to an activating group) is 2. The summed E-state index contributed by atoms with van der Waals surface area (Å²) in [7, 11) is 7.18. The third-order valence-electron chi connectivity index (χ3n) is 12.2. The molecular formula is C44H70N4O6. The Morgan fingerprint density at radius 3 is 2.28 bits per heavy atom. The number of hydrogen-bond donors (Lipinski definition) is 1. The van der Waals surface area contributed by atoms with Gasteiger partial charge in [-0.15, -0.1) is 0 Å². The largest absolute Gasteiger partial charge is 0.396 e. The molecule has 1 N–H and O–H groups in total. The van der Waals surface area contributed by atoms with Crippen LogP contribution in [0.1, 0.15) is 99.0 Å². The molecule has 0 radical (unpaired) electrons. The normalized spacial score (nSPS) is 18.8. The van der Waals surface area contributed by atoms with E-state index in [9.17, 15) is 24.3 Å². The van der Waals surface area contributed by atoms with Crippen molar-refractivity contribution in [1.82, 2.24) is 19.7 Å².